The molecule has 0 aromatic heterocycles. The van der Waals surface area contributed by atoms with Crippen LogP contribution in [0.2, 0.25) is 5.02 Å². The van der Waals surface area contributed by atoms with Gasteiger partial charge in [0.05, 0.1) is 11.4 Å². The molecule has 0 aliphatic carbocycles. The number of amides is 1. The Morgan fingerprint density at radius 1 is 0.963 bits per heavy atom. The highest BCUT2D eigenvalue weighted by Gasteiger charge is 2.35. The minimum absolute atomic E-state index is 0.0204. The molecule has 7 nitrogen and oxygen atoms in total. The molecule has 3 rings (SSSR count). The minimum Gasteiger partial charge on any atom is -0.326 e. The maximum Gasteiger partial charge on any atom is 0.326 e. The van der Waals surface area contributed by atoms with Gasteiger partial charge in [-0.05, 0) is 42.5 Å². The van der Waals surface area contributed by atoms with E-state index in [9.17, 15) is 18.0 Å². The molecule has 9 heteroatoms. The van der Waals surface area contributed by atoms with Crippen LogP contribution in [-0.2, 0) is 15.0 Å². The molecule has 27 heavy (non-hydrogen) atoms. The van der Waals surface area contributed by atoms with Crippen molar-refractivity contribution in [3.05, 3.63) is 53.1 Å². The summed E-state index contributed by atoms with van der Waals surface area (Å²) < 4.78 is 26.6. The number of carbonyl (C=O) groups excluding carboxylic acids is 2. The van der Waals surface area contributed by atoms with Gasteiger partial charge in [-0.15, -0.1) is 0 Å². The number of benzene rings is 2. The van der Waals surface area contributed by atoms with E-state index in [2.05, 4.69) is 5.32 Å². The zero-order valence-electron chi connectivity index (χ0n) is 14.8. The molecule has 0 saturated carbocycles. The van der Waals surface area contributed by atoms with Crippen LogP contribution in [0.4, 0.5) is 17.1 Å². The van der Waals surface area contributed by atoms with Gasteiger partial charge in [-0.3, -0.25) is 18.2 Å². The van der Waals surface area contributed by atoms with Crippen molar-refractivity contribution < 1.29 is 18.0 Å². The lowest BCUT2D eigenvalue weighted by Gasteiger charge is -2.13. The second kappa shape index (κ2) is 7.21. The van der Waals surface area contributed by atoms with Crippen LogP contribution in [0.3, 0.4) is 0 Å². The number of fused-ring (bicyclic) bond motifs is 1. The van der Waals surface area contributed by atoms with Gasteiger partial charge in [-0.25, -0.2) is 0 Å². The van der Waals surface area contributed by atoms with Gasteiger partial charge in [0.2, 0.25) is 5.91 Å². The largest absolute Gasteiger partial charge is 0.326 e. The molecular weight excluding hydrogens is 390 g/mol. The van der Waals surface area contributed by atoms with Gasteiger partial charge in [-0.2, -0.15) is 8.42 Å². The quantitative estimate of drug-likeness (QED) is 0.771. The average molecular weight is 408 g/mol. The molecule has 1 aliphatic heterocycles. The van der Waals surface area contributed by atoms with Crippen molar-refractivity contribution in [1.29, 1.82) is 0 Å². The number of nitrogens with zero attached hydrogens (tertiary/aromatic N) is 2. The molecule has 0 atom stereocenters. The van der Waals surface area contributed by atoms with Gasteiger partial charge >= 0.3 is 10.2 Å². The number of hydrogen-bond acceptors (Lipinski definition) is 4. The molecule has 142 valence electrons. The molecule has 0 radical (unpaired) electrons. The average Bonchev–Trinajstić information content (AvgIpc) is 2.81. The molecule has 0 bridgehead atoms. The highest BCUT2D eigenvalue weighted by Crippen LogP contribution is 2.40. The van der Waals surface area contributed by atoms with Crippen molar-refractivity contribution in [3.8, 4) is 0 Å². The highest BCUT2D eigenvalue weighted by molar-refractivity contribution is 7.94. The fourth-order valence-electron chi connectivity index (χ4n) is 2.78. The lowest BCUT2D eigenvalue weighted by atomic mass is 10.1. The van der Waals surface area contributed by atoms with E-state index in [0.717, 1.165) is 4.31 Å². The number of Topliss-reactive ketones (excluding diaryl/α,β-unsaturated/α-hetero) is 1. The summed E-state index contributed by atoms with van der Waals surface area (Å²) in [5.74, 6) is -0.475. The highest BCUT2D eigenvalue weighted by atomic mass is 35.5. The zero-order chi connectivity index (χ0) is 19.8. The number of nitrogens with one attached hydrogen (secondary N) is 1. The van der Waals surface area contributed by atoms with Gasteiger partial charge in [-0.1, -0.05) is 11.6 Å². The summed E-state index contributed by atoms with van der Waals surface area (Å²) in [4.78, 5) is 24.3. The fourth-order valence-corrected chi connectivity index (χ4v) is 4.07. The van der Waals surface area contributed by atoms with E-state index in [-0.39, 0.29) is 24.5 Å². The van der Waals surface area contributed by atoms with E-state index in [1.165, 1.54) is 18.4 Å². The van der Waals surface area contributed by atoms with Gasteiger partial charge in [0, 0.05) is 43.2 Å². The molecule has 0 fully saturated rings. The molecule has 2 aromatic rings. The molecule has 1 aliphatic rings. The third-order valence-electron chi connectivity index (χ3n) is 4.38. The van der Waals surface area contributed by atoms with Crippen LogP contribution in [-0.4, -0.2) is 34.2 Å². The molecule has 1 heterocycles. The maximum absolute atomic E-state index is 12.1. The summed E-state index contributed by atoms with van der Waals surface area (Å²) in [6.07, 6.45) is 0.0853. The first-order valence-corrected chi connectivity index (χ1v) is 9.93. The first kappa shape index (κ1) is 19.2. The number of ketones is 1. The smallest absolute Gasteiger partial charge is 0.326 e. The first-order chi connectivity index (χ1) is 12.7. The van der Waals surface area contributed by atoms with Crippen LogP contribution in [0.5, 0.6) is 0 Å². The summed E-state index contributed by atoms with van der Waals surface area (Å²) in [5.41, 5.74) is 1.98. The Balaban J connectivity index is 1.63. The van der Waals surface area contributed by atoms with Gasteiger partial charge < -0.3 is 5.32 Å². The zero-order valence-corrected chi connectivity index (χ0v) is 16.3. The van der Waals surface area contributed by atoms with E-state index in [1.54, 1.807) is 42.5 Å². The van der Waals surface area contributed by atoms with Crippen LogP contribution < -0.4 is 13.9 Å². The fraction of sp³-hybridized carbons (Fsp3) is 0.222. The van der Waals surface area contributed by atoms with Crippen molar-refractivity contribution in [3.63, 3.8) is 0 Å². The Bertz CT molecular complexity index is 1010. The van der Waals surface area contributed by atoms with Crippen molar-refractivity contribution in [2.45, 2.75) is 12.8 Å². The van der Waals surface area contributed by atoms with Crippen molar-refractivity contribution in [1.82, 2.24) is 0 Å². The Hall–Kier alpha value is -2.58. The summed E-state index contributed by atoms with van der Waals surface area (Å²) in [5, 5.41) is 3.24. The van der Waals surface area contributed by atoms with E-state index in [4.69, 9.17) is 11.6 Å². The second-order valence-electron chi connectivity index (χ2n) is 6.12. The predicted octanol–water partition coefficient (Wildman–Crippen LogP) is 3.07. The monoisotopic (exact) mass is 407 g/mol. The molecule has 0 spiro atoms. The lowest BCUT2D eigenvalue weighted by Crippen LogP contribution is -2.32. The normalized spacial score (nSPS) is 14.8. The maximum atomic E-state index is 12.1. The topological polar surface area (TPSA) is 86.8 Å². The van der Waals surface area contributed by atoms with Crippen LogP contribution in [0.1, 0.15) is 23.2 Å². The van der Waals surface area contributed by atoms with Crippen LogP contribution >= 0.6 is 11.6 Å². The van der Waals surface area contributed by atoms with Gasteiger partial charge in [0.15, 0.2) is 5.78 Å². The van der Waals surface area contributed by atoms with Crippen LogP contribution in [0.25, 0.3) is 0 Å². The predicted molar refractivity (Wildman–Crippen MR) is 106 cm³/mol. The first-order valence-electron chi connectivity index (χ1n) is 8.15. The Morgan fingerprint density at radius 3 is 2.26 bits per heavy atom. The molecule has 0 unspecified atom stereocenters. The van der Waals surface area contributed by atoms with Crippen molar-refractivity contribution >= 4 is 50.6 Å². The van der Waals surface area contributed by atoms with E-state index < -0.39 is 10.2 Å². The minimum atomic E-state index is -3.56. The molecule has 0 saturated heterocycles. The van der Waals surface area contributed by atoms with Crippen molar-refractivity contribution in [2.24, 2.45) is 0 Å². The molecule has 1 N–H and O–H groups in total. The van der Waals surface area contributed by atoms with Crippen LogP contribution in [0, 0.1) is 0 Å². The summed E-state index contributed by atoms with van der Waals surface area (Å²) >= 11 is 5.79. The van der Waals surface area contributed by atoms with Crippen LogP contribution in [0.15, 0.2) is 42.5 Å². The standard InChI is InChI=1S/C18H18ClN3O4S/c1-21-15-8-7-14(11-16(15)22(2)27(21,25)26)20-18(24)10-9-17(23)12-3-5-13(19)6-4-12/h3-8,11H,9-10H2,1-2H3,(H,20,24). The number of halogens is 1. The van der Waals surface area contributed by atoms with E-state index >= 15 is 0 Å². The lowest BCUT2D eigenvalue weighted by molar-refractivity contribution is -0.116. The second-order valence-corrected chi connectivity index (χ2v) is 8.55. The Kier molecular flexibility index (Phi) is 5.12. The molecular formula is C18H18ClN3O4S. The van der Waals surface area contributed by atoms with E-state index in [1.807, 2.05) is 0 Å². The summed E-state index contributed by atoms with van der Waals surface area (Å²) in [7, 11) is -0.640. The SMILES string of the molecule is CN1c2ccc(NC(=O)CCC(=O)c3ccc(Cl)cc3)cc2N(C)S1(=O)=O. The Morgan fingerprint density at radius 2 is 1.59 bits per heavy atom. The summed E-state index contributed by atoms with van der Waals surface area (Å²) in [6, 6.07) is 11.3. The number of carbonyl (C=O) groups is 2. The Labute approximate surface area is 162 Å². The van der Waals surface area contributed by atoms with Gasteiger partial charge in [0.1, 0.15) is 0 Å². The van der Waals surface area contributed by atoms with Gasteiger partial charge in [0.25, 0.3) is 0 Å². The number of hydrogen-bond donors (Lipinski definition) is 1. The van der Waals surface area contributed by atoms with Crippen molar-refractivity contribution in [2.75, 3.05) is 28.0 Å². The number of anilines is 3. The molecule has 1 amide bonds. The third-order valence-corrected chi connectivity index (χ3v) is 6.40. The number of rotatable bonds is 5. The molecule has 2 aromatic carbocycles. The third kappa shape index (κ3) is 3.77. The van der Waals surface area contributed by atoms with E-state index in [0.29, 0.717) is 27.6 Å². The summed E-state index contributed by atoms with van der Waals surface area (Å²) in [6.45, 7) is 0.